The third kappa shape index (κ3) is 2.69. The van der Waals surface area contributed by atoms with E-state index in [4.69, 9.17) is 4.74 Å². The highest BCUT2D eigenvalue weighted by atomic mass is 16.5. The van der Waals surface area contributed by atoms with E-state index in [1.807, 2.05) is 66.8 Å². The average molecular weight is 338 g/mol. The number of fused-ring (bicyclic) bond motifs is 4. The number of allylic oxidation sites excluding steroid dienone is 11. The summed E-state index contributed by atoms with van der Waals surface area (Å²) in [4.78, 5) is 18.5. The highest BCUT2D eigenvalue weighted by molar-refractivity contribution is 6.14. The molecule has 0 unspecified atom stereocenters. The topological polar surface area (TPSA) is 58.7 Å². The van der Waals surface area contributed by atoms with Crippen LogP contribution in [0.15, 0.2) is 115 Å². The van der Waals surface area contributed by atoms with Gasteiger partial charge in [-0.25, -0.2) is 20.0 Å². The Balaban J connectivity index is 1.66. The number of ether oxygens (including phenoxy) is 1. The summed E-state index contributed by atoms with van der Waals surface area (Å²) in [5, 5.41) is 0. The first kappa shape index (κ1) is 14.7. The fourth-order valence-electron chi connectivity index (χ4n) is 3.04. The molecule has 5 heteroatoms. The smallest absolute Gasteiger partial charge is 0.146 e. The van der Waals surface area contributed by atoms with Crippen molar-refractivity contribution >= 4 is 22.8 Å². The van der Waals surface area contributed by atoms with E-state index >= 15 is 0 Å². The van der Waals surface area contributed by atoms with E-state index in [1.54, 1.807) is 7.11 Å². The van der Waals surface area contributed by atoms with Crippen LogP contribution in [0.2, 0.25) is 0 Å². The zero-order valence-electron chi connectivity index (χ0n) is 14.0. The lowest BCUT2D eigenvalue weighted by atomic mass is 10.2. The van der Waals surface area contributed by atoms with Gasteiger partial charge in [-0.2, -0.15) is 0 Å². The summed E-state index contributed by atoms with van der Waals surface area (Å²) in [6, 6.07) is 0. The molecule has 0 amide bonds. The molecular formula is C21H14N4O. The lowest BCUT2D eigenvalue weighted by Crippen LogP contribution is -1.91. The van der Waals surface area contributed by atoms with Crippen LogP contribution in [-0.4, -0.2) is 30.0 Å². The van der Waals surface area contributed by atoms with Crippen LogP contribution in [0, 0.1) is 0 Å². The Labute approximate surface area is 150 Å². The Kier molecular flexibility index (Phi) is 3.25. The Bertz CT molecular complexity index is 1090. The van der Waals surface area contributed by atoms with E-state index < -0.39 is 0 Å². The van der Waals surface area contributed by atoms with Crippen molar-refractivity contribution in [1.29, 1.82) is 0 Å². The second-order valence-corrected chi connectivity index (χ2v) is 6.10. The molecule has 0 aromatic carbocycles. The van der Waals surface area contributed by atoms with E-state index in [-0.39, 0.29) is 0 Å². The molecular weight excluding hydrogens is 324 g/mol. The lowest BCUT2D eigenvalue weighted by molar-refractivity contribution is 0.302. The molecule has 0 spiro atoms. The van der Waals surface area contributed by atoms with Crippen molar-refractivity contribution in [2.75, 3.05) is 7.11 Å². The van der Waals surface area contributed by atoms with Crippen molar-refractivity contribution in [2.45, 2.75) is 0 Å². The maximum Gasteiger partial charge on any atom is 0.146 e. The number of hydrogen-bond donors (Lipinski definition) is 0. The summed E-state index contributed by atoms with van der Waals surface area (Å²) in [6.07, 6.45) is 21.5. The standard InChI is InChI=1S/C21H14N4O/c1-26-21-12-19-10-17-5-4-15(23-17)8-13-2-3-14(22-13)9-16-6-7-18(24-16)11-20(21)25-19/h2-12H,1H3. The maximum absolute atomic E-state index is 5.46. The molecule has 0 fully saturated rings. The molecule has 0 aromatic heterocycles. The Morgan fingerprint density at radius 3 is 1.58 bits per heavy atom. The lowest BCUT2D eigenvalue weighted by Gasteiger charge is -2.00. The molecule has 26 heavy (non-hydrogen) atoms. The fourth-order valence-corrected chi connectivity index (χ4v) is 3.04. The van der Waals surface area contributed by atoms with Crippen LogP contribution < -0.4 is 0 Å². The molecule has 5 aliphatic heterocycles. The van der Waals surface area contributed by atoms with Crippen molar-refractivity contribution in [3.05, 3.63) is 95.4 Å². The summed E-state index contributed by atoms with van der Waals surface area (Å²) < 4.78 is 5.46. The molecule has 0 atom stereocenters. The first-order valence-electron chi connectivity index (χ1n) is 8.27. The largest absolute Gasteiger partial charge is 0.494 e. The minimum Gasteiger partial charge on any atom is -0.494 e. The predicted molar refractivity (Wildman–Crippen MR) is 105 cm³/mol. The van der Waals surface area contributed by atoms with Crippen LogP contribution in [0.5, 0.6) is 0 Å². The Morgan fingerprint density at radius 1 is 0.538 bits per heavy atom. The van der Waals surface area contributed by atoms with Gasteiger partial charge in [0.2, 0.25) is 0 Å². The Morgan fingerprint density at radius 2 is 1.04 bits per heavy atom. The SMILES string of the molecule is COC1=CC2=NC1=CC1=NC(=CC3=NC(=CC4=NC(=C2)C=C4)C=C3)C=C1. The first-order chi connectivity index (χ1) is 12.7. The summed E-state index contributed by atoms with van der Waals surface area (Å²) in [7, 11) is 1.64. The summed E-state index contributed by atoms with van der Waals surface area (Å²) in [6.45, 7) is 0. The van der Waals surface area contributed by atoms with E-state index in [9.17, 15) is 0 Å². The van der Waals surface area contributed by atoms with E-state index in [2.05, 4.69) is 20.0 Å². The summed E-state index contributed by atoms with van der Waals surface area (Å²) >= 11 is 0. The first-order valence-corrected chi connectivity index (χ1v) is 8.27. The molecule has 5 rings (SSSR count). The van der Waals surface area contributed by atoms with Gasteiger partial charge in [0.05, 0.1) is 47.0 Å². The quantitative estimate of drug-likeness (QED) is 0.721. The predicted octanol–water partition coefficient (Wildman–Crippen LogP) is 3.55. The number of aliphatic imine (C=N–C) groups is 4. The van der Waals surface area contributed by atoms with Gasteiger partial charge >= 0.3 is 0 Å². The van der Waals surface area contributed by atoms with Gasteiger partial charge in [0.25, 0.3) is 0 Å². The summed E-state index contributed by atoms with van der Waals surface area (Å²) in [5.41, 5.74) is 6.71. The summed E-state index contributed by atoms with van der Waals surface area (Å²) in [5.74, 6) is 0.717. The highest BCUT2D eigenvalue weighted by Gasteiger charge is 2.17. The molecule has 5 nitrogen and oxygen atoms in total. The van der Waals surface area contributed by atoms with Crippen LogP contribution in [0.3, 0.4) is 0 Å². The molecule has 0 aliphatic carbocycles. The number of nitrogens with zero attached hydrogens (tertiary/aromatic N) is 4. The monoisotopic (exact) mass is 338 g/mol. The van der Waals surface area contributed by atoms with E-state index in [0.29, 0.717) is 5.76 Å². The zero-order valence-corrected chi connectivity index (χ0v) is 14.0. The molecule has 0 saturated carbocycles. The molecule has 0 aromatic rings. The van der Waals surface area contributed by atoms with Gasteiger partial charge in [-0.1, -0.05) is 0 Å². The molecule has 5 heterocycles. The third-order valence-electron chi connectivity index (χ3n) is 4.22. The van der Waals surface area contributed by atoms with Crippen LogP contribution in [0.25, 0.3) is 0 Å². The van der Waals surface area contributed by atoms with Crippen molar-refractivity contribution in [3.8, 4) is 0 Å². The molecule has 0 N–H and O–H groups in total. The second kappa shape index (κ2) is 5.74. The third-order valence-corrected chi connectivity index (χ3v) is 4.22. The number of hydrogen-bond acceptors (Lipinski definition) is 5. The number of rotatable bonds is 1. The van der Waals surface area contributed by atoms with E-state index in [0.717, 1.165) is 45.6 Å². The second-order valence-electron chi connectivity index (χ2n) is 6.10. The van der Waals surface area contributed by atoms with Crippen molar-refractivity contribution < 1.29 is 4.74 Å². The van der Waals surface area contributed by atoms with Crippen LogP contribution in [0.4, 0.5) is 0 Å². The molecule has 5 aliphatic rings. The fraction of sp³-hybridized carbons (Fsp3) is 0.0476. The van der Waals surface area contributed by atoms with Gasteiger partial charge in [-0.05, 0) is 60.8 Å². The maximum atomic E-state index is 5.46. The van der Waals surface area contributed by atoms with Gasteiger partial charge in [0, 0.05) is 6.08 Å². The van der Waals surface area contributed by atoms with Crippen molar-refractivity contribution in [1.82, 2.24) is 0 Å². The van der Waals surface area contributed by atoms with Crippen molar-refractivity contribution in [3.63, 3.8) is 0 Å². The zero-order chi connectivity index (χ0) is 17.5. The molecule has 0 radical (unpaired) electrons. The van der Waals surface area contributed by atoms with Gasteiger partial charge in [0.15, 0.2) is 0 Å². The minimum absolute atomic E-state index is 0.717. The van der Waals surface area contributed by atoms with E-state index in [1.165, 1.54) is 0 Å². The highest BCUT2D eigenvalue weighted by Crippen LogP contribution is 2.24. The van der Waals surface area contributed by atoms with Gasteiger partial charge in [-0.3, -0.25) is 0 Å². The molecule has 8 bridgehead atoms. The van der Waals surface area contributed by atoms with Crippen LogP contribution >= 0.6 is 0 Å². The van der Waals surface area contributed by atoms with Crippen molar-refractivity contribution in [2.24, 2.45) is 20.0 Å². The normalized spacial score (nSPS) is 22.1. The Hall–Kier alpha value is -3.60. The average Bonchev–Trinajstić information content (AvgIpc) is 3.39. The van der Waals surface area contributed by atoms with Gasteiger partial charge in [-0.15, -0.1) is 0 Å². The molecule has 0 saturated heterocycles. The van der Waals surface area contributed by atoms with Gasteiger partial charge < -0.3 is 4.74 Å². The molecule has 124 valence electrons. The minimum atomic E-state index is 0.717. The van der Waals surface area contributed by atoms with Gasteiger partial charge in [0.1, 0.15) is 11.5 Å². The van der Waals surface area contributed by atoms with Crippen LogP contribution in [0.1, 0.15) is 0 Å². The number of methoxy groups -OCH3 is 1. The van der Waals surface area contributed by atoms with Crippen LogP contribution in [-0.2, 0) is 4.74 Å².